The largest absolute Gasteiger partial charge is 0.337 e. The first kappa shape index (κ1) is 21.5. The standard InChI is InChI=1S/C24H21FN6O3/c1-2-5-19-28-21(34-29-19)13-30-14-26-22-17-6-3-4-7-18(17)31(23(22)24(30)33)12-20(32)27-16-10-8-15(25)9-11-16/h3-4,6-11,14H,2,5,12-13H2,1H3,(H,27,32). The summed E-state index contributed by atoms with van der Waals surface area (Å²) in [6.07, 6.45) is 3.02. The molecule has 0 atom stereocenters. The molecular weight excluding hydrogens is 439 g/mol. The van der Waals surface area contributed by atoms with E-state index in [1.165, 1.54) is 35.2 Å². The predicted molar refractivity (Wildman–Crippen MR) is 124 cm³/mol. The number of rotatable bonds is 7. The van der Waals surface area contributed by atoms with Crippen molar-refractivity contribution in [1.82, 2.24) is 24.3 Å². The molecule has 5 rings (SSSR count). The number of fused-ring (bicyclic) bond motifs is 3. The monoisotopic (exact) mass is 460 g/mol. The maximum Gasteiger partial charge on any atom is 0.278 e. The van der Waals surface area contributed by atoms with Gasteiger partial charge >= 0.3 is 0 Å². The molecule has 10 heteroatoms. The fraction of sp³-hybridized carbons (Fsp3) is 0.208. The Hall–Kier alpha value is -4.34. The van der Waals surface area contributed by atoms with Gasteiger partial charge in [-0.15, -0.1) is 0 Å². The van der Waals surface area contributed by atoms with Crippen LogP contribution in [0.5, 0.6) is 0 Å². The third kappa shape index (κ3) is 4.05. The number of aromatic nitrogens is 5. The first-order valence-corrected chi connectivity index (χ1v) is 10.9. The Morgan fingerprint density at radius 3 is 2.74 bits per heavy atom. The summed E-state index contributed by atoms with van der Waals surface area (Å²) in [6, 6.07) is 12.9. The molecule has 172 valence electrons. The Morgan fingerprint density at radius 1 is 1.15 bits per heavy atom. The van der Waals surface area contributed by atoms with E-state index in [2.05, 4.69) is 20.4 Å². The molecule has 1 amide bonds. The molecule has 0 aliphatic rings. The zero-order chi connectivity index (χ0) is 23.7. The molecule has 3 heterocycles. The number of para-hydroxylation sites is 1. The summed E-state index contributed by atoms with van der Waals surface area (Å²) >= 11 is 0. The smallest absolute Gasteiger partial charge is 0.278 e. The molecule has 0 spiro atoms. The van der Waals surface area contributed by atoms with E-state index in [9.17, 15) is 14.0 Å². The fourth-order valence-electron chi connectivity index (χ4n) is 3.93. The highest BCUT2D eigenvalue weighted by Crippen LogP contribution is 2.25. The summed E-state index contributed by atoms with van der Waals surface area (Å²) < 4.78 is 21.5. The van der Waals surface area contributed by atoms with Crippen LogP contribution in [0.25, 0.3) is 21.9 Å². The van der Waals surface area contributed by atoms with Crippen LogP contribution in [0.4, 0.5) is 10.1 Å². The van der Waals surface area contributed by atoms with Gasteiger partial charge < -0.3 is 14.4 Å². The van der Waals surface area contributed by atoms with E-state index in [1.807, 2.05) is 31.2 Å². The number of hydrogen-bond donors (Lipinski definition) is 1. The van der Waals surface area contributed by atoms with Gasteiger partial charge in [0.15, 0.2) is 5.82 Å². The third-order valence-corrected chi connectivity index (χ3v) is 5.45. The summed E-state index contributed by atoms with van der Waals surface area (Å²) in [4.78, 5) is 35.1. The number of hydrogen-bond acceptors (Lipinski definition) is 6. The Labute approximate surface area is 192 Å². The number of halogens is 1. The number of anilines is 1. The van der Waals surface area contributed by atoms with Crippen molar-refractivity contribution < 1.29 is 13.7 Å². The van der Waals surface area contributed by atoms with E-state index >= 15 is 0 Å². The van der Waals surface area contributed by atoms with Gasteiger partial charge in [0.05, 0.1) is 11.8 Å². The highest BCUT2D eigenvalue weighted by Gasteiger charge is 2.19. The van der Waals surface area contributed by atoms with Crippen LogP contribution in [0.1, 0.15) is 25.1 Å². The van der Waals surface area contributed by atoms with Gasteiger partial charge in [-0.25, -0.2) is 9.37 Å². The van der Waals surface area contributed by atoms with Gasteiger partial charge in [-0.1, -0.05) is 30.3 Å². The Bertz CT molecular complexity index is 1550. The van der Waals surface area contributed by atoms with Crippen molar-refractivity contribution in [3.63, 3.8) is 0 Å². The molecular formula is C24H21FN6O3. The minimum atomic E-state index is -0.393. The lowest BCUT2D eigenvalue weighted by molar-refractivity contribution is -0.116. The second-order valence-corrected chi connectivity index (χ2v) is 7.89. The van der Waals surface area contributed by atoms with Crippen LogP contribution in [0.3, 0.4) is 0 Å². The molecule has 0 radical (unpaired) electrons. The van der Waals surface area contributed by atoms with Gasteiger partial charge in [-0.2, -0.15) is 4.98 Å². The number of nitrogens with zero attached hydrogens (tertiary/aromatic N) is 5. The first-order valence-electron chi connectivity index (χ1n) is 10.9. The average Bonchev–Trinajstić information content (AvgIpc) is 3.40. The average molecular weight is 460 g/mol. The highest BCUT2D eigenvalue weighted by atomic mass is 19.1. The van der Waals surface area contributed by atoms with Crippen molar-refractivity contribution in [3.8, 4) is 0 Å². The number of carbonyl (C=O) groups is 1. The SMILES string of the molecule is CCCc1noc(Cn2cnc3c4ccccc4n(CC(=O)Nc4ccc(F)cc4)c3c2=O)n1. The Morgan fingerprint density at radius 2 is 1.94 bits per heavy atom. The second-order valence-electron chi connectivity index (χ2n) is 7.89. The minimum Gasteiger partial charge on any atom is -0.337 e. The number of nitrogens with one attached hydrogen (secondary N) is 1. The molecule has 0 bridgehead atoms. The van der Waals surface area contributed by atoms with Crippen molar-refractivity contribution in [2.45, 2.75) is 32.9 Å². The van der Waals surface area contributed by atoms with E-state index in [-0.39, 0.29) is 24.6 Å². The van der Waals surface area contributed by atoms with Crippen molar-refractivity contribution >= 4 is 33.5 Å². The van der Waals surface area contributed by atoms with Crippen LogP contribution in [-0.2, 0) is 24.3 Å². The number of aryl methyl sites for hydroxylation is 1. The van der Waals surface area contributed by atoms with Crippen LogP contribution in [-0.4, -0.2) is 30.2 Å². The van der Waals surface area contributed by atoms with Crippen molar-refractivity contribution in [1.29, 1.82) is 0 Å². The van der Waals surface area contributed by atoms with E-state index in [0.717, 1.165) is 11.8 Å². The molecule has 1 N–H and O–H groups in total. The molecule has 0 aliphatic heterocycles. The Balaban J connectivity index is 1.53. The molecule has 0 saturated carbocycles. The number of benzene rings is 2. The van der Waals surface area contributed by atoms with Crippen LogP contribution in [0.15, 0.2) is 64.2 Å². The van der Waals surface area contributed by atoms with Crippen LogP contribution in [0, 0.1) is 5.82 Å². The van der Waals surface area contributed by atoms with Crippen molar-refractivity contribution in [3.05, 3.63) is 82.7 Å². The molecule has 3 aromatic heterocycles. The van der Waals surface area contributed by atoms with Gasteiger partial charge in [0.2, 0.25) is 11.8 Å². The van der Waals surface area contributed by atoms with Crippen molar-refractivity contribution in [2.75, 3.05) is 5.32 Å². The zero-order valence-electron chi connectivity index (χ0n) is 18.4. The molecule has 2 aromatic carbocycles. The van der Waals surface area contributed by atoms with Crippen molar-refractivity contribution in [2.24, 2.45) is 0 Å². The van der Waals surface area contributed by atoms with Gasteiger partial charge in [-0.3, -0.25) is 14.2 Å². The lowest BCUT2D eigenvalue weighted by Gasteiger charge is -2.09. The molecule has 9 nitrogen and oxygen atoms in total. The van der Waals surface area contributed by atoms with Crippen LogP contribution >= 0.6 is 0 Å². The third-order valence-electron chi connectivity index (χ3n) is 5.45. The summed E-state index contributed by atoms with van der Waals surface area (Å²) in [5.41, 5.74) is 1.64. The van der Waals surface area contributed by atoms with E-state index in [4.69, 9.17) is 4.52 Å². The summed E-state index contributed by atoms with van der Waals surface area (Å²) in [6.45, 7) is 1.97. The fourth-order valence-corrected chi connectivity index (χ4v) is 3.93. The maximum absolute atomic E-state index is 13.5. The van der Waals surface area contributed by atoms with Crippen LogP contribution < -0.4 is 10.9 Å². The van der Waals surface area contributed by atoms with Gasteiger partial charge in [0, 0.05) is 17.5 Å². The quantitative estimate of drug-likeness (QED) is 0.398. The number of carbonyl (C=O) groups excluding carboxylic acids is 1. The summed E-state index contributed by atoms with van der Waals surface area (Å²) in [7, 11) is 0. The predicted octanol–water partition coefficient (Wildman–Crippen LogP) is 3.51. The molecule has 5 aromatic rings. The summed E-state index contributed by atoms with van der Waals surface area (Å²) in [5.74, 6) is 0.148. The molecule has 0 saturated heterocycles. The van der Waals surface area contributed by atoms with Gasteiger partial charge in [0.25, 0.3) is 5.56 Å². The number of amides is 1. The van der Waals surface area contributed by atoms with Crippen LogP contribution in [0.2, 0.25) is 0 Å². The molecule has 34 heavy (non-hydrogen) atoms. The van der Waals surface area contributed by atoms with Gasteiger partial charge in [-0.05, 0) is 36.8 Å². The minimum absolute atomic E-state index is 0.0712. The topological polar surface area (TPSA) is 108 Å². The second kappa shape index (κ2) is 8.89. The normalized spacial score (nSPS) is 11.4. The highest BCUT2D eigenvalue weighted by molar-refractivity contribution is 6.06. The molecule has 0 aliphatic carbocycles. The summed E-state index contributed by atoms with van der Waals surface area (Å²) in [5, 5.41) is 7.43. The maximum atomic E-state index is 13.5. The molecule has 0 unspecified atom stereocenters. The Kier molecular flexibility index (Phi) is 5.62. The lowest BCUT2D eigenvalue weighted by atomic mass is 10.2. The van der Waals surface area contributed by atoms with E-state index in [1.54, 1.807) is 4.57 Å². The first-order chi connectivity index (χ1) is 16.5. The van der Waals surface area contributed by atoms with Gasteiger partial charge in [0.1, 0.15) is 29.9 Å². The van der Waals surface area contributed by atoms with E-state index < -0.39 is 5.82 Å². The van der Waals surface area contributed by atoms with E-state index in [0.29, 0.717) is 40.4 Å². The zero-order valence-corrected chi connectivity index (χ0v) is 18.4. The lowest BCUT2D eigenvalue weighted by Crippen LogP contribution is -2.25. The molecule has 0 fully saturated rings.